The summed E-state index contributed by atoms with van der Waals surface area (Å²) < 4.78 is 5.61. The van der Waals surface area contributed by atoms with Crippen molar-refractivity contribution in [2.45, 2.75) is 38.5 Å². The Morgan fingerprint density at radius 1 is 1.29 bits per heavy atom. The summed E-state index contributed by atoms with van der Waals surface area (Å²) >= 11 is 0. The van der Waals surface area contributed by atoms with Crippen LogP contribution < -0.4 is 5.32 Å². The van der Waals surface area contributed by atoms with Crippen molar-refractivity contribution in [2.75, 3.05) is 18.5 Å². The Morgan fingerprint density at radius 3 is 2.81 bits per heavy atom. The van der Waals surface area contributed by atoms with Crippen molar-refractivity contribution in [3.05, 3.63) is 29.8 Å². The first-order valence-corrected chi connectivity index (χ1v) is 7.66. The van der Waals surface area contributed by atoms with Crippen LogP contribution in [-0.4, -0.2) is 19.1 Å². The Balaban J connectivity index is 1.66. The molecule has 0 aliphatic heterocycles. The predicted octanol–water partition coefficient (Wildman–Crippen LogP) is 3.48. The average molecular weight is 286 g/mol. The molecule has 1 saturated carbocycles. The Hall–Kier alpha value is -1.86. The van der Waals surface area contributed by atoms with Gasteiger partial charge in [-0.15, -0.1) is 0 Å². The zero-order chi connectivity index (χ0) is 14.9. The standard InChI is InChI=1S/C17H22N2O2/c18-12-15-8-4-5-9-16(15)19-17(20)10-11-21-13-14-6-2-1-3-7-14/h4-5,8-9,14H,1-3,6-7,10-11,13H2,(H,19,20). The fourth-order valence-corrected chi connectivity index (χ4v) is 2.67. The number of hydrogen-bond donors (Lipinski definition) is 1. The number of nitrogens with zero attached hydrogens (tertiary/aromatic N) is 1. The van der Waals surface area contributed by atoms with Crippen molar-refractivity contribution in [2.24, 2.45) is 5.92 Å². The lowest BCUT2D eigenvalue weighted by Crippen LogP contribution is -2.18. The molecule has 0 spiro atoms. The van der Waals surface area contributed by atoms with E-state index in [1.54, 1.807) is 24.3 Å². The van der Waals surface area contributed by atoms with Crippen LogP contribution >= 0.6 is 0 Å². The van der Waals surface area contributed by atoms with Crippen LogP contribution in [0, 0.1) is 17.2 Å². The Bertz CT molecular complexity index is 502. The van der Waals surface area contributed by atoms with Crippen LogP contribution in [0.2, 0.25) is 0 Å². The fraction of sp³-hybridized carbons (Fsp3) is 0.529. The number of nitriles is 1. The summed E-state index contributed by atoms with van der Waals surface area (Å²) in [5.41, 5.74) is 1.05. The zero-order valence-electron chi connectivity index (χ0n) is 12.3. The van der Waals surface area contributed by atoms with E-state index in [0.29, 0.717) is 30.2 Å². The molecule has 0 atom stereocenters. The highest BCUT2D eigenvalue weighted by atomic mass is 16.5. The number of hydrogen-bond acceptors (Lipinski definition) is 3. The van der Waals surface area contributed by atoms with Gasteiger partial charge in [0.25, 0.3) is 0 Å². The van der Waals surface area contributed by atoms with Gasteiger partial charge in [0.2, 0.25) is 5.91 Å². The summed E-state index contributed by atoms with van der Waals surface area (Å²) in [6.07, 6.45) is 6.78. The largest absolute Gasteiger partial charge is 0.381 e. The highest BCUT2D eigenvalue weighted by Gasteiger charge is 2.13. The van der Waals surface area contributed by atoms with Gasteiger partial charge in [-0.3, -0.25) is 4.79 Å². The molecule has 1 aliphatic rings. The van der Waals surface area contributed by atoms with E-state index in [1.807, 2.05) is 0 Å². The minimum Gasteiger partial charge on any atom is -0.381 e. The summed E-state index contributed by atoms with van der Waals surface area (Å²) in [5, 5.41) is 11.7. The van der Waals surface area contributed by atoms with Gasteiger partial charge in [-0.25, -0.2) is 0 Å². The Kier molecular flexibility index (Phi) is 6.23. The van der Waals surface area contributed by atoms with Gasteiger partial charge in [-0.05, 0) is 30.9 Å². The van der Waals surface area contributed by atoms with Crippen LogP contribution in [0.4, 0.5) is 5.69 Å². The predicted molar refractivity (Wildman–Crippen MR) is 81.8 cm³/mol. The second kappa shape index (κ2) is 8.43. The summed E-state index contributed by atoms with van der Waals surface area (Å²) in [6, 6.07) is 9.07. The molecular formula is C17H22N2O2. The van der Waals surface area contributed by atoms with E-state index >= 15 is 0 Å². The minimum absolute atomic E-state index is 0.110. The molecule has 1 aromatic carbocycles. The van der Waals surface area contributed by atoms with E-state index < -0.39 is 0 Å². The van der Waals surface area contributed by atoms with Crippen LogP contribution in [0.15, 0.2) is 24.3 Å². The molecule has 1 amide bonds. The second-order valence-electron chi connectivity index (χ2n) is 5.53. The summed E-state index contributed by atoms with van der Waals surface area (Å²) in [4.78, 5) is 11.8. The molecule has 1 aromatic rings. The van der Waals surface area contributed by atoms with Crippen LogP contribution in [0.1, 0.15) is 44.1 Å². The first-order chi connectivity index (χ1) is 10.3. The number of para-hydroxylation sites is 1. The van der Waals surface area contributed by atoms with Crippen LogP contribution in [0.25, 0.3) is 0 Å². The number of ether oxygens (including phenoxy) is 1. The highest BCUT2D eigenvalue weighted by Crippen LogP contribution is 2.23. The number of anilines is 1. The van der Waals surface area contributed by atoms with Gasteiger partial charge in [-0.2, -0.15) is 5.26 Å². The van der Waals surface area contributed by atoms with Crippen molar-refractivity contribution >= 4 is 11.6 Å². The molecule has 0 saturated heterocycles. The molecular weight excluding hydrogens is 264 g/mol. The molecule has 2 rings (SSSR count). The van der Waals surface area contributed by atoms with E-state index in [0.717, 1.165) is 6.61 Å². The number of carbonyl (C=O) groups is 1. The first-order valence-electron chi connectivity index (χ1n) is 7.66. The van der Waals surface area contributed by atoms with Crippen molar-refractivity contribution < 1.29 is 9.53 Å². The smallest absolute Gasteiger partial charge is 0.226 e. The van der Waals surface area contributed by atoms with E-state index in [4.69, 9.17) is 10.00 Å². The second-order valence-corrected chi connectivity index (χ2v) is 5.53. The number of amides is 1. The van der Waals surface area contributed by atoms with Crippen LogP contribution in [0.5, 0.6) is 0 Å². The Labute approximate surface area is 126 Å². The fourth-order valence-electron chi connectivity index (χ4n) is 2.67. The monoisotopic (exact) mass is 286 g/mol. The SMILES string of the molecule is N#Cc1ccccc1NC(=O)CCOCC1CCCCC1. The van der Waals surface area contributed by atoms with Crippen LogP contribution in [0.3, 0.4) is 0 Å². The molecule has 112 valence electrons. The van der Waals surface area contributed by atoms with Gasteiger partial charge < -0.3 is 10.1 Å². The molecule has 1 aliphatic carbocycles. The minimum atomic E-state index is -0.110. The topological polar surface area (TPSA) is 62.1 Å². The third-order valence-corrected chi connectivity index (χ3v) is 3.87. The number of rotatable bonds is 6. The lowest BCUT2D eigenvalue weighted by molar-refractivity contribution is -0.117. The molecule has 1 fully saturated rings. The van der Waals surface area contributed by atoms with Gasteiger partial charge in [0.1, 0.15) is 6.07 Å². The molecule has 0 heterocycles. The van der Waals surface area contributed by atoms with E-state index in [9.17, 15) is 4.79 Å². The molecule has 0 bridgehead atoms. The zero-order valence-corrected chi connectivity index (χ0v) is 12.3. The maximum absolute atomic E-state index is 11.8. The molecule has 0 unspecified atom stereocenters. The lowest BCUT2D eigenvalue weighted by Gasteiger charge is -2.21. The molecule has 1 N–H and O–H groups in total. The third kappa shape index (κ3) is 5.20. The van der Waals surface area contributed by atoms with Crippen LogP contribution in [-0.2, 0) is 9.53 Å². The van der Waals surface area contributed by atoms with Gasteiger partial charge in [-0.1, -0.05) is 31.4 Å². The molecule has 4 nitrogen and oxygen atoms in total. The van der Waals surface area contributed by atoms with Gasteiger partial charge in [0.05, 0.1) is 24.3 Å². The molecule has 4 heteroatoms. The van der Waals surface area contributed by atoms with E-state index in [2.05, 4.69) is 11.4 Å². The number of nitrogens with one attached hydrogen (secondary N) is 1. The highest BCUT2D eigenvalue weighted by molar-refractivity contribution is 5.92. The first kappa shape index (κ1) is 15.5. The molecule has 0 aromatic heterocycles. The van der Waals surface area contributed by atoms with Gasteiger partial charge in [0.15, 0.2) is 0 Å². The van der Waals surface area contributed by atoms with Crippen molar-refractivity contribution in [3.63, 3.8) is 0 Å². The van der Waals surface area contributed by atoms with E-state index in [-0.39, 0.29) is 5.91 Å². The maximum atomic E-state index is 11.8. The van der Waals surface area contributed by atoms with Crippen molar-refractivity contribution in [1.82, 2.24) is 0 Å². The van der Waals surface area contributed by atoms with Crippen molar-refractivity contribution in [1.29, 1.82) is 5.26 Å². The van der Waals surface area contributed by atoms with Gasteiger partial charge in [0, 0.05) is 6.61 Å². The van der Waals surface area contributed by atoms with Crippen molar-refractivity contribution in [3.8, 4) is 6.07 Å². The summed E-state index contributed by atoms with van der Waals surface area (Å²) in [5.74, 6) is 0.558. The van der Waals surface area contributed by atoms with E-state index in [1.165, 1.54) is 32.1 Å². The molecule has 0 radical (unpaired) electrons. The third-order valence-electron chi connectivity index (χ3n) is 3.87. The molecule has 21 heavy (non-hydrogen) atoms. The number of carbonyl (C=O) groups excluding carboxylic acids is 1. The summed E-state index contributed by atoms with van der Waals surface area (Å²) in [7, 11) is 0. The average Bonchev–Trinajstić information content (AvgIpc) is 2.53. The lowest BCUT2D eigenvalue weighted by atomic mass is 9.90. The van der Waals surface area contributed by atoms with Gasteiger partial charge >= 0.3 is 0 Å². The maximum Gasteiger partial charge on any atom is 0.226 e. The quantitative estimate of drug-likeness (QED) is 0.814. The number of benzene rings is 1. The summed E-state index contributed by atoms with van der Waals surface area (Å²) in [6.45, 7) is 1.21. The Morgan fingerprint density at radius 2 is 2.05 bits per heavy atom. The normalized spacial score (nSPS) is 15.4.